The number of benzene rings is 4. The number of aromatic nitrogens is 2. The van der Waals surface area contributed by atoms with Crippen LogP contribution in [0.2, 0.25) is 0 Å². The van der Waals surface area contributed by atoms with Gasteiger partial charge in [-0.2, -0.15) is 0 Å². The van der Waals surface area contributed by atoms with Crippen molar-refractivity contribution in [2.75, 3.05) is 87.3 Å². The Hall–Kier alpha value is -8.68. The van der Waals surface area contributed by atoms with Crippen LogP contribution in [0.1, 0.15) is 496 Å². The predicted octanol–water partition coefficient (Wildman–Crippen LogP) is 34.0. The van der Waals surface area contributed by atoms with Crippen molar-refractivity contribution in [3.63, 3.8) is 0 Å². The third kappa shape index (κ3) is 51.8. The molecule has 4 N–H and O–H groups in total. The molecule has 2 amide bonds. The number of nitrogens with one attached hydrogen (secondary N) is 4. The molecule has 5 aromatic rings. The van der Waals surface area contributed by atoms with Crippen LogP contribution < -0.4 is 68.6 Å². The SMILES string of the molecule is CCCCCCCCOc1cc(N/C=C\C(=O)c2ccc(OCCCCCCCC)c(OCCCCCCCC)c2OCCCCCCCC)c(NC(=O)c2cnc(C(=O)Nc3cc(OCCCCCCCC)c(OCCCCCCCC)cc3N/C=C\C(=O)c3ccc(OCCCCCCCC)c(OCCCCCCCC)c3OCCCCCCCC)cn2)cc1OCCCCCCCC. The highest BCUT2D eigenvalue weighted by Gasteiger charge is 2.27. The van der Waals surface area contributed by atoms with Gasteiger partial charge in [0.15, 0.2) is 57.6 Å². The fraction of sp³-hybridized carbons (Fsp3) is 0.690. The lowest BCUT2D eigenvalue weighted by Gasteiger charge is -2.20. The fourth-order valence-corrected chi connectivity index (χ4v) is 16.4. The Bertz CT molecular complexity index is 3710. The summed E-state index contributed by atoms with van der Waals surface area (Å²) >= 11 is 0. The van der Waals surface area contributed by atoms with Crippen molar-refractivity contribution in [1.29, 1.82) is 0 Å². The molecule has 0 aliphatic heterocycles. The molecule has 0 bridgehead atoms. The van der Waals surface area contributed by atoms with Gasteiger partial charge < -0.3 is 68.6 Å². The molecule has 0 saturated heterocycles. The largest absolute Gasteiger partial charge is 0.490 e. The standard InChI is InChI=1S/C116H188N6O14/c1-11-21-31-41-51-61-79-127-105-73-71-95(111(133-85-67-57-47-37-27-17-7)113(105)135-87-69-59-49-39-29-19-9)103(123)75-77-117-97-89-107(129-81-63-53-43-33-23-13-3)109(131-83-65-55-45-35-25-15-5)91-99(97)121-115(125)101-93-120-102(94-119-101)116(126)122-100-92-110(132-84-66-56-46-36-26-16-6)108(130-82-64-54-44-34-24-14-4)90-98(100)118-78-76-104(124)96-72-74-106(128-80-62-52-42-32-22-12-2)114(136-88-70-60-50-40-30-20-10)112(96)134-86-68-58-48-38-28-18-8/h71-78,89-94,117-118H,11-70,79-88H2,1-10H3,(H,121,125)(H,122,126)/b77-75-,78-76-. The summed E-state index contributed by atoms with van der Waals surface area (Å²) in [5.74, 6) is 2.78. The quantitative estimate of drug-likeness (QED) is 0.0161. The first kappa shape index (κ1) is 118. The third-order valence-electron chi connectivity index (χ3n) is 24.9. The number of ketones is 2. The number of allylic oxidation sites excluding steroid dienone is 2. The minimum Gasteiger partial charge on any atom is -0.490 e. The molecule has 766 valence electrons. The molecule has 0 atom stereocenters. The van der Waals surface area contributed by atoms with Crippen LogP contribution in [0.4, 0.5) is 22.7 Å². The lowest BCUT2D eigenvalue weighted by atomic mass is 10.1. The van der Waals surface area contributed by atoms with Gasteiger partial charge in [0, 0.05) is 48.8 Å². The molecule has 5 rings (SSSR count). The van der Waals surface area contributed by atoms with Crippen molar-refractivity contribution in [3.8, 4) is 57.5 Å². The summed E-state index contributed by atoms with van der Waals surface area (Å²) < 4.78 is 66.6. The second kappa shape index (κ2) is 80.2. The normalized spacial score (nSPS) is 11.4. The summed E-state index contributed by atoms with van der Waals surface area (Å²) in [5.41, 5.74) is 1.99. The maximum atomic E-state index is 15.0. The van der Waals surface area contributed by atoms with Gasteiger partial charge in [-0.05, 0) is 88.5 Å². The highest BCUT2D eigenvalue weighted by atomic mass is 16.6. The number of carbonyl (C=O) groups excluding carboxylic acids is 4. The van der Waals surface area contributed by atoms with Crippen molar-refractivity contribution < 1.29 is 66.5 Å². The van der Waals surface area contributed by atoms with Gasteiger partial charge in [0.2, 0.25) is 11.5 Å². The molecule has 0 aliphatic carbocycles. The molecule has 0 unspecified atom stereocenters. The van der Waals surface area contributed by atoms with Crippen LogP contribution in [-0.2, 0) is 0 Å². The van der Waals surface area contributed by atoms with Crippen molar-refractivity contribution in [2.24, 2.45) is 0 Å². The molecular formula is C116H188N6O14. The lowest BCUT2D eigenvalue weighted by Crippen LogP contribution is -2.19. The first-order valence-corrected chi connectivity index (χ1v) is 55.3. The zero-order valence-corrected chi connectivity index (χ0v) is 87.2. The Balaban J connectivity index is 1.60. The van der Waals surface area contributed by atoms with E-state index in [1.807, 2.05) is 24.3 Å². The average molecular weight is 1890 g/mol. The smallest absolute Gasteiger partial charge is 0.275 e. The molecule has 4 aromatic carbocycles. The second-order valence-corrected chi connectivity index (χ2v) is 37.3. The number of hydrogen-bond donors (Lipinski definition) is 4. The Morgan fingerprint density at radius 1 is 0.228 bits per heavy atom. The molecule has 0 saturated carbocycles. The minimum absolute atomic E-state index is 0.0780. The van der Waals surface area contributed by atoms with Crippen LogP contribution in [0.15, 0.2) is 85.5 Å². The van der Waals surface area contributed by atoms with Gasteiger partial charge in [-0.3, -0.25) is 19.2 Å². The Kier molecular flexibility index (Phi) is 69.4. The van der Waals surface area contributed by atoms with E-state index in [0.29, 0.717) is 157 Å². The van der Waals surface area contributed by atoms with Gasteiger partial charge >= 0.3 is 0 Å². The maximum Gasteiger partial charge on any atom is 0.275 e. The van der Waals surface area contributed by atoms with E-state index in [4.69, 9.17) is 47.4 Å². The van der Waals surface area contributed by atoms with Crippen molar-refractivity contribution in [1.82, 2.24) is 9.97 Å². The highest BCUT2D eigenvalue weighted by Crippen LogP contribution is 2.45. The number of nitrogens with zero attached hydrogens (tertiary/aromatic N) is 2. The average Bonchev–Trinajstić information content (AvgIpc) is 0.811. The molecule has 0 radical (unpaired) electrons. The van der Waals surface area contributed by atoms with Crippen molar-refractivity contribution >= 4 is 46.1 Å². The molecule has 136 heavy (non-hydrogen) atoms. The Morgan fingerprint density at radius 2 is 0.419 bits per heavy atom. The van der Waals surface area contributed by atoms with Crippen LogP contribution in [0, 0.1) is 0 Å². The Labute approximate surface area is 825 Å². The summed E-state index contributed by atoms with van der Waals surface area (Å²) in [7, 11) is 0. The van der Waals surface area contributed by atoms with Gasteiger partial charge in [0.05, 0.1) is 112 Å². The topological polar surface area (TPSA) is 234 Å². The number of amides is 2. The van der Waals surface area contributed by atoms with E-state index < -0.39 is 11.8 Å². The highest BCUT2D eigenvalue weighted by molar-refractivity contribution is 6.09. The van der Waals surface area contributed by atoms with Crippen LogP contribution in [-0.4, -0.2) is 99.4 Å². The van der Waals surface area contributed by atoms with Gasteiger partial charge in [-0.25, -0.2) is 9.97 Å². The molecule has 20 nitrogen and oxygen atoms in total. The van der Waals surface area contributed by atoms with Gasteiger partial charge in [0.25, 0.3) is 11.8 Å². The van der Waals surface area contributed by atoms with E-state index in [2.05, 4.69) is 100 Å². The van der Waals surface area contributed by atoms with Crippen LogP contribution in [0.3, 0.4) is 0 Å². The van der Waals surface area contributed by atoms with Crippen molar-refractivity contribution in [3.05, 3.63) is 108 Å². The molecule has 1 heterocycles. The summed E-state index contributed by atoms with van der Waals surface area (Å²) in [6.07, 6.45) is 74.0. The Morgan fingerprint density at radius 3 is 0.640 bits per heavy atom. The molecule has 0 fully saturated rings. The van der Waals surface area contributed by atoms with E-state index >= 15 is 9.59 Å². The first-order chi connectivity index (χ1) is 66.9. The number of anilines is 4. The van der Waals surface area contributed by atoms with E-state index in [1.54, 1.807) is 36.7 Å². The van der Waals surface area contributed by atoms with Gasteiger partial charge in [0.1, 0.15) is 11.4 Å². The number of rotatable bonds is 92. The first-order valence-electron chi connectivity index (χ1n) is 55.3. The van der Waals surface area contributed by atoms with Crippen LogP contribution in [0.25, 0.3) is 0 Å². The zero-order valence-electron chi connectivity index (χ0n) is 87.2. The molecule has 1 aromatic heterocycles. The molecule has 0 spiro atoms. The van der Waals surface area contributed by atoms with Crippen LogP contribution >= 0.6 is 0 Å². The van der Waals surface area contributed by atoms with E-state index in [1.165, 1.54) is 166 Å². The molecule has 20 heteroatoms. The minimum atomic E-state index is -0.623. The summed E-state index contributed by atoms with van der Waals surface area (Å²) in [5, 5.41) is 13.0. The summed E-state index contributed by atoms with van der Waals surface area (Å²) in [6.45, 7) is 26.7. The zero-order chi connectivity index (χ0) is 97.4. The van der Waals surface area contributed by atoms with Crippen LogP contribution in [0.5, 0.6) is 57.5 Å². The third-order valence-corrected chi connectivity index (χ3v) is 24.9. The van der Waals surface area contributed by atoms with E-state index in [-0.39, 0.29) is 23.0 Å². The second-order valence-electron chi connectivity index (χ2n) is 37.3. The monoisotopic (exact) mass is 1890 g/mol. The lowest BCUT2D eigenvalue weighted by molar-refractivity contribution is 0.100. The van der Waals surface area contributed by atoms with E-state index in [0.717, 1.165) is 244 Å². The molecular weight excluding hydrogens is 1700 g/mol. The summed E-state index contributed by atoms with van der Waals surface area (Å²) in [4.78, 5) is 69.2. The fourth-order valence-electron chi connectivity index (χ4n) is 16.4. The maximum absolute atomic E-state index is 15.0. The van der Waals surface area contributed by atoms with E-state index in [9.17, 15) is 9.59 Å². The predicted molar refractivity (Wildman–Crippen MR) is 567 cm³/mol. The van der Waals surface area contributed by atoms with Gasteiger partial charge in [-0.1, -0.05) is 390 Å². The number of carbonyl (C=O) groups is 4. The number of unbranched alkanes of at least 4 members (excludes halogenated alkanes) is 50. The number of hydrogen-bond acceptors (Lipinski definition) is 18. The molecule has 0 aliphatic rings. The van der Waals surface area contributed by atoms with Crippen molar-refractivity contribution in [2.45, 2.75) is 454 Å². The number of ether oxygens (including phenoxy) is 10. The van der Waals surface area contributed by atoms with Gasteiger partial charge in [-0.15, -0.1) is 0 Å². The summed E-state index contributed by atoms with van der Waals surface area (Å²) in [6, 6.07) is 14.4.